The van der Waals surface area contributed by atoms with Gasteiger partial charge in [-0.15, -0.1) is 11.3 Å². The van der Waals surface area contributed by atoms with Crippen molar-refractivity contribution in [3.63, 3.8) is 0 Å². The van der Waals surface area contributed by atoms with Gasteiger partial charge in [-0.05, 0) is 41.1 Å². The van der Waals surface area contributed by atoms with Crippen LogP contribution in [0.4, 0.5) is 0 Å². The largest absolute Gasteiger partial charge is 0.353 e. The molecule has 0 aromatic carbocycles. The summed E-state index contributed by atoms with van der Waals surface area (Å²) in [6.07, 6.45) is 3.35. The number of hydrogen-bond acceptors (Lipinski definition) is 2. The van der Waals surface area contributed by atoms with Crippen molar-refractivity contribution in [2.45, 2.75) is 6.92 Å². The highest BCUT2D eigenvalue weighted by Gasteiger charge is 1.94. The molecule has 4 heteroatoms. The van der Waals surface area contributed by atoms with Crippen LogP contribution in [-0.4, -0.2) is 12.5 Å². The lowest BCUT2D eigenvalue weighted by atomic mass is 10.4. The molecule has 1 heterocycles. The van der Waals surface area contributed by atoms with E-state index in [9.17, 15) is 4.79 Å². The molecule has 0 aliphatic rings. The van der Waals surface area contributed by atoms with Gasteiger partial charge >= 0.3 is 0 Å². The minimum absolute atomic E-state index is 0.0491. The van der Waals surface area contributed by atoms with Crippen LogP contribution < -0.4 is 5.32 Å². The van der Waals surface area contributed by atoms with E-state index in [-0.39, 0.29) is 5.91 Å². The molecule has 1 aromatic rings. The number of carbonyl (C=O) groups excluding carboxylic acids is 1. The first kappa shape index (κ1) is 10.5. The topological polar surface area (TPSA) is 29.1 Å². The fourth-order valence-electron chi connectivity index (χ4n) is 0.809. The Balaban J connectivity index is 2.53. The van der Waals surface area contributed by atoms with Crippen LogP contribution in [0, 0.1) is 0 Å². The molecule has 2 nitrogen and oxygen atoms in total. The Morgan fingerprint density at radius 1 is 1.69 bits per heavy atom. The molecule has 0 radical (unpaired) electrons. The van der Waals surface area contributed by atoms with Gasteiger partial charge in [0.25, 0.3) is 0 Å². The molecule has 0 atom stereocenters. The lowest BCUT2D eigenvalue weighted by molar-refractivity contribution is -0.116. The summed E-state index contributed by atoms with van der Waals surface area (Å²) in [5.74, 6) is -0.0491. The standard InChI is InChI=1S/C9H10BrNOS/c1-2-11-9(12)6-4-7-3-5-8(10)13-7/h3-6H,2H2,1H3,(H,11,12)/b6-4+. The van der Waals surface area contributed by atoms with E-state index >= 15 is 0 Å². The number of nitrogens with one attached hydrogen (secondary N) is 1. The zero-order valence-electron chi connectivity index (χ0n) is 7.21. The van der Waals surface area contributed by atoms with Crippen molar-refractivity contribution >= 4 is 39.2 Å². The van der Waals surface area contributed by atoms with Crippen LogP contribution in [0.15, 0.2) is 22.0 Å². The second-order valence-electron chi connectivity index (χ2n) is 2.37. The first-order valence-electron chi connectivity index (χ1n) is 3.93. The zero-order chi connectivity index (χ0) is 9.68. The van der Waals surface area contributed by atoms with Crippen LogP contribution in [-0.2, 0) is 4.79 Å². The second-order valence-corrected chi connectivity index (χ2v) is 4.86. The summed E-state index contributed by atoms with van der Waals surface area (Å²) in [6.45, 7) is 2.56. The second kappa shape index (κ2) is 5.19. The van der Waals surface area contributed by atoms with Crippen LogP contribution in [0.2, 0.25) is 0 Å². The number of rotatable bonds is 3. The fourth-order valence-corrected chi connectivity index (χ4v) is 2.14. The molecule has 0 aliphatic heterocycles. The van der Waals surface area contributed by atoms with E-state index in [0.29, 0.717) is 6.54 Å². The van der Waals surface area contributed by atoms with Crippen LogP contribution in [0.25, 0.3) is 6.08 Å². The molecular formula is C9H10BrNOS. The molecule has 1 aromatic heterocycles. The summed E-state index contributed by atoms with van der Waals surface area (Å²) in [5.41, 5.74) is 0. The SMILES string of the molecule is CCNC(=O)/C=C/c1ccc(Br)s1. The number of carbonyl (C=O) groups is 1. The maximum absolute atomic E-state index is 11.0. The van der Waals surface area contributed by atoms with Crippen LogP contribution in [0.1, 0.15) is 11.8 Å². The van der Waals surface area contributed by atoms with E-state index in [1.165, 1.54) is 0 Å². The third-order valence-electron chi connectivity index (χ3n) is 1.34. The van der Waals surface area contributed by atoms with Crippen molar-refractivity contribution in [2.75, 3.05) is 6.54 Å². The van der Waals surface area contributed by atoms with Gasteiger partial charge in [0, 0.05) is 17.5 Å². The first-order chi connectivity index (χ1) is 6.22. The Kier molecular flexibility index (Phi) is 4.18. The van der Waals surface area contributed by atoms with Gasteiger partial charge in [-0.2, -0.15) is 0 Å². The molecule has 0 unspecified atom stereocenters. The average molecular weight is 260 g/mol. The smallest absolute Gasteiger partial charge is 0.244 e. The summed E-state index contributed by atoms with van der Waals surface area (Å²) in [4.78, 5) is 12.1. The van der Waals surface area contributed by atoms with Gasteiger partial charge in [-0.25, -0.2) is 0 Å². The van der Waals surface area contributed by atoms with Crippen LogP contribution >= 0.6 is 27.3 Å². The van der Waals surface area contributed by atoms with E-state index in [1.54, 1.807) is 23.5 Å². The summed E-state index contributed by atoms with van der Waals surface area (Å²) < 4.78 is 1.07. The van der Waals surface area contributed by atoms with Crippen molar-refractivity contribution in [2.24, 2.45) is 0 Å². The molecule has 0 saturated carbocycles. The normalized spacial score (nSPS) is 10.6. The molecule has 0 aliphatic carbocycles. The van der Waals surface area contributed by atoms with Gasteiger partial charge < -0.3 is 5.32 Å². The van der Waals surface area contributed by atoms with Crippen molar-refractivity contribution in [1.82, 2.24) is 5.32 Å². The number of hydrogen-bond donors (Lipinski definition) is 1. The van der Waals surface area contributed by atoms with Gasteiger partial charge in [0.05, 0.1) is 3.79 Å². The Morgan fingerprint density at radius 3 is 3.00 bits per heavy atom. The third-order valence-corrected chi connectivity index (χ3v) is 2.93. The van der Waals surface area contributed by atoms with E-state index < -0.39 is 0 Å². The van der Waals surface area contributed by atoms with E-state index in [4.69, 9.17) is 0 Å². The van der Waals surface area contributed by atoms with Gasteiger partial charge in [-0.1, -0.05) is 0 Å². The number of likely N-dealkylation sites (N-methyl/N-ethyl adjacent to an activating group) is 1. The minimum atomic E-state index is -0.0491. The minimum Gasteiger partial charge on any atom is -0.353 e. The summed E-state index contributed by atoms with van der Waals surface area (Å²) in [5, 5.41) is 2.69. The van der Waals surface area contributed by atoms with Gasteiger partial charge in [-0.3, -0.25) is 4.79 Å². The summed E-state index contributed by atoms with van der Waals surface area (Å²) in [6, 6.07) is 3.92. The Morgan fingerprint density at radius 2 is 2.46 bits per heavy atom. The lowest BCUT2D eigenvalue weighted by Gasteiger charge is -1.92. The monoisotopic (exact) mass is 259 g/mol. The van der Waals surface area contributed by atoms with Crippen LogP contribution in [0.5, 0.6) is 0 Å². The molecule has 1 rings (SSSR count). The fraction of sp³-hybridized carbons (Fsp3) is 0.222. The predicted octanol–water partition coefficient (Wildman–Crippen LogP) is 2.66. The Bertz CT molecular complexity index is 319. The van der Waals surface area contributed by atoms with Crippen LogP contribution in [0.3, 0.4) is 0 Å². The zero-order valence-corrected chi connectivity index (χ0v) is 9.61. The van der Waals surface area contributed by atoms with E-state index in [1.807, 2.05) is 19.1 Å². The average Bonchev–Trinajstić information content (AvgIpc) is 2.49. The summed E-state index contributed by atoms with van der Waals surface area (Å²) >= 11 is 4.95. The summed E-state index contributed by atoms with van der Waals surface area (Å²) in [7, 11) is 0. The molecule has 0 bridgehead atoms. The first-order valence-corrected chi connectivity index (χ1v) is 5.54. The Hall–Kier alpha value is -0.610. The number of halogens is 1. The quantitative estimate of drug-likeness (QED) is 0.832. The third kappa shape index (κ3) is 3.74. The molecule has 0 saturated heterocycles. The molecular weight excluding hydrogens is 250 g/mol. The molecule has 0 fully saturated rings. The van der Waals surface area contributed by atoms with Crippen molar-refractivity contribution in [3.8, 4) is 0 Å². The molecule has 1 N–H and O–H groups in total. The molecule has 1 amide bonds. The highest BCUT2D eigenvalue weighted by atomic mass is 79.9. The predicted molar refractivity (Wildman–Crippen MR) is 59.7 cm³/mol. The van der Waals surface area contributed by atoms with E-state index in [0.717, 1.165) is 8.66 Å². The highest BCUT2D eigenvalue weighted by Crippen LogP contribution is 2.22. The number of thiophene rings is 1. The van der Waals surface area contributed by atoms with Gasteiger partial charge in [0.2, 0.25) is 5.91 Å². The highest BCUT2D eigenvalue weighted by molar-refractivity contribution is 9.11. The number of amides is 1. The van der Waals surface area contributed by atoms with Crippen molar-refractivity contribution in [1.29, 1.82) is 0 Å². The lowest BCUT2D eigenvalue weighted by Crippen LogP contribution is -2.19. The van der Waals surface area contributed by atoms with Gasteiger partial charge in [0.15, 0.2) is 0 Å². The van der Waals surface area contributed by atoms with Gasteiger partial charge in [0.1, 0.15) is 0 Å². The maximum Gasteiger partial charge on any atom is 0.244 e. The van der Waals surface area contributed by atoms with Crippen molar-refractivity contribution < 1.29 is 4.79 Å². The molecule has 70 valence electrons. The Labute approximate surface area is 89.8 Å². The molecule has 0 spiro atoms. The molecule has 13 heavy (non-hydrogen) atoms. The maximum atomic E-state index is 11.0. The van der Waals surface area contributed by atoms with E-state index in [2.05, 4.69) is 21.2 Å². The van der Waals surface area contributed by atoms with Crippen molar-refractivity contribution in [3.05, 3.63) is 26.9 Å².